The number of aromatic nitrogens is 1. The third-order valence-electron chi connectivity index (χ3n) is 5.21. The van der Waals surface area contributed by atoms with Gasteiger partial charge < -0.3 is 10.1 Å². The normalized spacial score (nSPS) is 15.1. The van der Waals surface area contributed by atoms with Crippen molar-refractivity contribution in [2.24, 2.45) is 0 Å². The molecule has 3 aromatic rings. The Morgan fingerprint density at radius 2 is 1.94 bits per heavy atom. The molecule has 1 aliphatic carbocycles. The molecule has 6 nitrogen and oxygen atoms in total. The highest BCUT2D eigenvalue weighted by molar-refractivity contribution is 7.16. The molecule has 1 heterocycles. The van der Waals surface area contributed by atoms with Crippen molar-refractivity contribution in [1.29, 1.82) is 0 Å². The second-order valence-corrected chi connectivity index (χ2v) is 8.95. The zero-order valence-electron chi connectivity index (χ0n) is 17.2. The number of carbonyl (C=O) groups excluding carboxylic acids is 2. The number of nitrogens with one attached hydrogen (secondary N) is 2. The molecule has 1 aromatic heterocycles. The first-order valence-electron chi connectivity index (χ1n) is 9.96. The molecule has 0 saturated carbocycles. The number of ether oxygens (including phenoxy) is 1. The average molecular weight is 456 g/mol. The van der Waals surface area contributed by atoms with Crippen molar-refractivity contribution in [3.05, 3.63) is 69.2 Å². The first-order valence-corrected chi connectivity index (χ1v) is 11.2. The largest absolute Gasteiger partial charge is 0.495 e. The molecule has 0 saturated heterocycles. The number of halogens is 1. The smallest absolute Gasteiger partial charge is 0.257 e. The van der Waals surface area contributed by atoms with E-state index in [1.165, 1.54) is 11.3 Å². The summed E-state index contributed by atoms with van der Waals surface area (Å²) in [6.07, 6.45) is 2.45. The van der Waals surface area contributed by atoms with Crippen molar-refractivity contribution in [2.45, 2.75) is 32.1 Å². The Bertz CT molecular complexity index is 1130. The summed E-state index contributed by atoms with van der Waals surface area (Å²) in [5.74, 6) is -0.122. The van der Waals surface area contributed by atoms with Crippen molar-refractivity contribution >= 4 is 45.6 Å². The maximum atomic E-state index is 13.1. The van der Waals surface area contributed by atoms with Crippen LogP contribution in [0.1, 0.15) is 45.3 Å². The molecule has 160 valence electrons. The van der Waals surface area contributed by atoms with Crippen molar-refractivity contribution in [2.75, 3.05) is 17.7 Å². The lowest BCUT2D eigenvalue weighted by Crippen LogP contribution is -2.25. The Labute approximate surface area is 189 Å². The molecule has 2 aromatic carbocycles. The summed E-state index contributed by atoms with van der Waals surface area (Å²) in [5, 5.41) is 6.89. The van der Waals surface area contributed by atoms with Crippen LogP contribution in [0, 0.1) is 6.92 Å². The van der Waals surface area contributed by atoms with Crippen LogP contribution in [0.5, 0.6) is 5.75 Å². The number of fused-ring (bicyclic) bond motifs is 1. The standard InChI is InChI=1S/C23H22ClN3O3S/c1-13-6-11-17(18(12-13)30-2)25-22(29)16-4-3-5-19-20(16)26-23(31-19)27-21(28)14-7-9-15(24)10-8-14/h6-12,16H,3-5H2,1-2H3,(H,25,29)(H,26,27,28). The SMILES string of the molecule is COc1cc(C)ccc1NC(=O)C1CCCc2sc(NC(=O)c3ccc(Cl)cc3)nc21. The first kappa shape index (κ1) is 21.3. The topological polar surface area (TPSA) is 80.3 Å². The summed E-state index contributed by atoms with van der Waals surface area (Å²) in [5.41, 5.74) is 2.93. The Balaban J connectivity index is 1.52. The van der Waals surface area contributed by atoms with E-state index >= 15 is 0 Å². The molecule has 4 rings (SSSR count). The molecule has 0 aliphatic heterocycles. The number of nitrogens with zero attached hydrogens (tertiary/aromatic N) is 1. The monoisotopic (exact) mass is 455 g/mol. The number of amides is 2. The molecule has 1 unspecified atom stereocenters. The van der Waals surface area contributed by atoms with Gasteiger partial charge in [-0.1, -0.05) is 17.7 Å². The molecular weight excluding hydrogens is 434 g/mol. The molecule has 8 heteroatoms. The molecule has 2 N–H and O–H groups in total. The quantitative estimate of drug-likeness (QED) is 0.538. The molecule has 0 radical (unpaired) electrons. The van der Waals surface area contributed by atoms with Crippen molar-refractivity contribution < 1.29 is 14.3 Å². The maximum absolute atomic E-state index is 13.1. The number of hydrogen-bond donors (Lipinski definition) is 2. The zero-order valence-corrected chi connectivity index (χ0v) is 18.8. The fraction of sp³-hybridized carbons (Fsp3) is 0.261. The molecule has 2 amide bonds. The van der Waals surface area contributed by atoms with Gasteiger partial charge in [-0.2, -0.15) is 0 Å². The minimum absolute atomic E-state index is 0.121. The predicted molar refractivity (Wildman–Crippen MR) is 124 cm³/mol. The summed E-state index contributed by atoms with van der Waals surface area (Å²) in [7, 11) is 1.58. The highest BCUT2D eigenvalue weighted by atomic mass is 35.5. The highest BCUT2D eigenvalue weighted by Gasteiger charge is 2.31. The molecule has 1 atom stereocenters. The van der Waals surface area contributed by atoms with Crippen LogP contribution in [0.4, 0.5) is 10.8 Å². The lowest BCUT2D eigenvalue weighted by molar-refractivity contribution is -0.118. The van der Waals surface area contributed by atoms with E-state index in [0.29, 0.717) is 33.6 Å². The van der Waals surface area contributed by atoms with Crippen LogP contribution in [-0.2, 0) is 11.2 Å². The van der Waals surface area contributed by atoms with E-state index in [1.54, 1.807) is 31.4 Å². The van der Waals surface area contributed by atoms with Gasteiger partial charge in [0.05, 0.1) is 24.4 Å². The van der Waals surface area contributed by atoms with Crippen molar-refractivity contribution in [3.8, 4) is 5.75 Å². The van der Waals surface area contributed by atoms with Crippen LogP contribution in [0.3, 0.4) is 0 Å². The summed E-state index contributed by atoms with van der Waals surface area (Å²) in [6.45, 7) is 1.97. The summed E-state index contributed by atoms with van der Waals surface area (Å²) >= 11 is 7.31. The Morgan fingerprint density at radius 3 is 2.68 bits per heavy atom. The fourth-order valence-corrected chi connectivity index (χ4v) is 4.81. The fourth-order valence-electron chi connectivity index (χ4n) is 3.62. The van der Waals surface area contributed by atoms with Gasteiger partial charge in [-0.3, -0.25) is 14.9 Å². The van der Waals surface area contributed by atoms with Crippen molar-refractivity contribution in [3.63, 3.8) is 0 Å². The minimum atomic E-state index is -0.368. The Morgan fingerprint density at radius 1 is 1.16 bits per heavy atom. The number of anilines is 2. The van der Waals surface area contributed by atoms with Crippen LogP contribution in [0.15, 0.2) is 42.5 Å². The number of carbonyl (C=O) groups is 2. The molecule has 31 heavy (non-hydrogen) atoms. The summed E-state index contributed by atoms with van der Waals surface area (Å²) in [4.78, 5) is 31.2. The Kier molecular flexibility index (Phi) is 6.25. The molecule has 0 bridgehead atoms. The number of methoxy groups -OCH3 is 1. The lowest BCUT2D eigenvalue weighted by Gasteiger charge is -2.21. The Hall–Kier alpha value is -2.90. The van der Waals surface area contributed by atoms with Crippen LogP contribution in [-0.4, -0.2) is 23.9 Å². The van der Waals surface area contributed by atoms with Crippen LogP contribution >= 0.6 is 22.9 Å². The number of hydrogen-bond acceptors (Lipinski definition) is 5. The molecular formula is C23H22ClN3O3S. The first-order chi connectivity index (χ1) is 14.9. The highest BCUT2D eigenvalue weighted by Crippen LogP contribution is 2.38. The van der Waals surface area contributed by atoms with Crippen LogP contribution in [0.2, 0.25) is 5.02 Å². The number of benzene rings is 2. The van der Waals surface area contributed by atoms with E-state index in [2.05, 4.69) is 15.6 Å². The van der Waals surface area contributed by atoms with Gasteiger partial charge in [0.15, 0.2) is 5.13 Å². The predicted octanol–water partition coefficient (Wildman–Crippen LogP) is 5.42. The van der Waals surface area contributed by atoms with Gasteiger partial charge in [-0.05, 0) is 68.1 Å². The summed E-state index contributed by atoms with van der Waals surface area (Å²) < 4.78 is 5.40. The van der Waals surface area contributed by atoms with Gasteiger partial charge in [-0.25, -0.2) is 4.98 Å². The summed E-state index contributed by atoms with van der Waals surface area (Å²) in [6, 6.07) is 12.3. The second kappa shape index (κ2) is 9.08. The van der Waals surface area contributed by atoms with Gasteiger partial charge in [0.25, 0.3) is 5.91 Å². The van der Waals surface area contributed by atoms with E-state index in [1.807, 2.05) is 25.1 Å². The van der Waals surface area contributed by atoms with Gasteiger partial charge >= 0.3 is 0 Å². The average Bonchev–Trinajstić information content (AvgIpc) is 3.17. The van der Waals surface area contributed by atoms with Crippen LogP contribution < -0.4 is 15.4 Å². The van der Waals surface area contributed by atoms with Gasteiger partial charge in [0, 0.05) is 15.5 Å². The second-order valence-electron chi connectivity index (χ2n) is 7.43. The third kappa shape index (κ3) is 4.73. The number of thiazole rings is 1. The zero-order chi connectivity index (χ0) is 22.0. The van der Waals surface area contributed by atoms with E-state index in [0.717, 1.165) is 29.0 Å². The van der Waals surface area contributed by atoms with E-state index < -0.39 is 0 Å². The van der Waals surface area contributed by atoms with E-state index in [9.17, 15) is 9.59 Å². The maximum Gasteiger partial charge on any atom is 0.257 e. The lowest BCUT2D eigenvalue weighted by atomic mass is 9.90. The third-order valence-corrected chi connectivity index (χ3v) is 6.51. The van der Waals surface area contributed by atoms with Crippen LogP contribution in [0.25, 0.3) is 0 Å². The molecule has 0 fully saturated rings. The van der Waals surface area contributed by atoms with Crippen molar-refractivity contribution in [1.82, 2.24) is 4.98 Å². The minimum Gasteiger partial charge on any atom is -0.495 e. The van der Waals surface area contributed by atoms with E-state index in [4.69, 9.17) is 16.3 Å². The number of rotatable bonds is 5. The van der Waals surface area contributed by atoms with E-state index in [-0.39, 0.29) is 17.7 Å². The number of aryl methyl sites for hydroxylation is 2. The van der Waals surface area contributed by atoms with Gasteiger partial charge in [-0.15, -0.1) is 11.3 Å². The van der Waals surface area contributed by atoms with Gasteiger partial charge in [0.2, 0.25) is 5.91 Å². The van der Waals surface area contributed by atoms with Gasteiger partial charge in [0.1, 0.15) is 5.75 Å². The molecule has 0 spiro atoms. The molecule has 1 aliphatic rings.